The SMILES string of the molecule is COCC(C)CC(N)Cc1ccoc1. The maximum absolute atomic E-state index is 6.00. The van der Waals surface area contributed by atoms with Gasteiger partial charge in [0.05, 0.1) is 12.5 Å². The van der Waals surface area contributed by atoms with Gasteiger partial charge < -0.3 is 14.9 Å². The lowest BCUT2D eigenvalue weighted by Crippen LogP contribution is -2.26. The fourth-order valence-corrected chi connectivity index (χ4v) is 1.66. The van der Waals surface area contributed by atoms with Crippen LogP contribution < -0.4 is 5.73 Å². The zero-order valence-electron chi connectivity index (χ0n) is 8.90. The first-order valence-corrected chi connectivity index (χ1v) is 4.98. The van der Waals surface area contributed by atoms with Gasteiger partial charge in [-0.15, -0.1) is 0 Å². The number of rotatable bonds is 6. The second-order valence-electron chi connectivity index (χ2n) is 3.89. The van der Waals surface area contributed by atoms with E-state index in [0.29, 0.717) is 5.92 Å². The summed E-state index contributed by atoms with van der Waals surface area (Å²) in [7, 11) is 1.72. The number of hydrogen-bond donors (Lipinski definition) is 1. The van der Waals surface area contributed by atoms with Crippen LogP contribution in [0, 0.1) is 5.92 Å². The van der Waals surface area contributed by atoms with Crippen LogP contribution in [0.25, 0.3) is 0 Å². The molecule has 2 unspecified atom stereocenters. The number of furan rings is 1. The van der Waals surface area contributed by atoms with Gasteiger partial charge in [-0.3, -0.25) is 0 Å². The van der Waals surface area contributed by atoms with Crippen molar-refractivity contribution in [2.45, 2.75) is 25.8 Å². The van der Waals surface area contributed by atoms with Gasteiger partial charge in [-0.2, -0.15) is 0 Å². The van der Waals surface area contributed by atoms with Gasteiger partial charge in [0, 0.05) is 19.8 Å². The molecule has 0 spiro atoms. The van der Waals surface area contributed by atoms with Crippen molar-refractivity contribution in [2.24, 2.45) is 11.7 Å². The Bertz CT molecular complexity index is 233. The summed E-state index contributed by atoms with van der Waals surface area (Å²) in [6, 6.07) is 2.15. The molecule has 2 atom stereocenters. The molecule has 1 heterocycles. The minimum absolute atomic E-state index is 0.192. The molecule has 0 saturated heterocycles. The van der Waals surface area contributed by atoms with Crippen LogP contribution in [0.5, 0.6) is 0 Å². The van der Waals surface area contributed by atoms with Gasteiger partial charge in [-0.25, -0.2) is 0 Å². The van der Waals surface area contributed by atoms with Crippen LogP contribution in [0.3, 0.4) is 0 Å². The molecular formula is C11H19NO2. The van der Waals surface area contributed by atoms with Crippen LogP contribution in [0.1, 0.15) is 18.9 Å². The summed E-state index contributed by atoms with van der Waals surface area (Å²) in [4.78, 5) is 0. The molecule has 14 heavy (non-hydrogen) atoms. The largest absolute Gasteiger partial charge is 0.472 e. The van der Waals surface area contributed by atoms with E-state index in [1.54, 1.807) is 19.6 Å². The molecule has 0 bridgehead atoms. The number of ether oxygens (including phenoxy) is 1. The molecule has 0 aliphatic heterocycles. The second-order valence-corrected chi connectivity index (χ2v) is 3.89. The van der Waals surface area contributed by atoms with E-state index in [1.165, 1.54) is 5.56 Å². The highest BCUT2D eigenvalue weighted by molar-refractivity contribution is 5.07. The van der Waals surface area contributed by atoms with Crippen molar-refractivity contribution in [1.82, 2.24) is 0 Å². The topological polar surface area (TPSA) is 48.4 Å². The molecule has 0 aliphatic rings. The van der Waals surface area contributed by atoms with E-state index in [4.69, 9.17) is 14.9 Å². The van der Waals surface area contributed by atoms with Crippen molar-refractivity contribution in [1.29, 1.82) is 0 Å². The van der Waals surface area contributed by atoms with Gasteiger partial charge >= 0.3 is 0 Å². The fraction of sp³-hybridized carbons (Fsp3) is 0.636. The van der Waals surface area contributed by atoms with Crippen LogP contribution >= 0.6 is 0 Å². The third-order valence-electron chi connectivity index (χ3n) is 2.23. The normalized spacial score (nSPS) is 15.4. The lowest BCUT2D eigenvalue weighted by Gasteiger charge is -2.15. The molecule has 1 aromatic rings. The summed E-state index contributed by atoms with van der Waals surface area (Å²) in [6.45, 7) is 2.93. The summed E-state index contributed by atoms with van der Waals surface area (Å²) in [5, 5.41) is 0. The second kappa shape index (κ2) is 5.83. The van der Waals surface area contributed by atoms with Crippen molar-refractivity contribution >= 4 is 0 Å². The van der Waals surface area contributed by atoms with Crippen LogP contribution in [0.2, 0.25) is 0 Å². The fourth-order valence-electron chi connectivity index (χ4n) is 1.66. The molecule has 0 amide bonds. The van der Waals surface area contributed by atoms with Crippen LogP contribution in [-0.2, 0) is 11.2 Å². The Morgan fingerprint density at radius 2 is 2.36 bits per heavy atom. The molecule has 0 fully saturated rings. The summed E-state index contributed by atoms with van der Waals surface area (Å²) in [5.74, 6) is 0.516. The van der Waals surface area contributed by atoms with Gasteiger partial charge in [-0.1, -0.05) is 6.92 Å². The predicted molar refractivity (Wildman–Crippen MR) is 56.0 cm³/mol. The summed E-state index contributed by atoms with van der Waals surface area (Å²) >= 11 is 0. The first-order valence-electron chi connectivity index (χ1n) is 4.98. The van der Waals surface area contributed by atoms with E-state index in [-0.39, 0.29) is 6.04 Å². The minimum Gasteiger partial charge on any atom is -0.472 e. The third-order valence-corrected chi connectivity index (χ3v) is 2.23. The van der Waals surface area contributed by atoms with E-state index < -0.39 is 0 Å². The Kier molecular flexibility index (Phi) is 4.70. The first-order chi connectivity index (χ1) is 6.72. The minimum atomic E-state index is 0.192. The Morgan fingerprint density at radius 1 is 1.57 bits per heavy atom. The van der Waals surface area contributed by atoms with Crippen LogP contribution in [0.15, 0.2) is 23.0 Å². The predicted octanol–water partition coefficient (Wildman–Crippen LogP) is 1.82. The molecule has 80 valence electrons. The smallest absolute Gasteiger partial charge is 0.0935 e. The molecule has 3 nitrogen and oxygen atoms in total. The molecule has 0 aliphatic carbocycles. The highest BCUT2D eigenvalue weighted by Gasteiger charge is 2.10. The summed E-state index contributed by atoms with van der Waals surface area (Å²) in [5.41, 5.74) is 7.17. The Labute approximate surface area is 85.2 Å². The Balaban J connectivity index is 2.25. The van der Waals surface area contributed by atoms with Crippen molar-refractivity contribution in [3.8, 4) is 0 Å². The third kappa shape index (κ3) is 3.94. The zero-order valence-corrected chi connectivity index (χ0v) is 8.90. The molecule has 1 aromatic heterocycles. The molecule has 2 N–H and O–H groups in total. The Hall–Kier alpha value is -0.800. The average molecular weight is 197 g/mol. The maximum Gasteiger partial charge on any atom is 0.0935 e. The molecular weight excluding hydrogens is 178 g/mol. The van der Waals surface area contributed by atoms with Crippen molar-refractivity contribution in [3.63, 3.8) is 0 Å². The molecule has 1 rings (SSSR count). The Morgan fingerprint density at radius 3 is 2.93 bits per heavy atom. The van der Waals surface area contributed by atoms with E-state index in [0.717, 1.165) is 19.4 Å². The van der Waals surface area contributed by atoms with E-state index >= 15 is 0 Å². The molecule has 3 heteroatoms. The van der Waals surface area contributed by atoms with E-state index in [9.17, 15) is 0 Å². The average Bonchev–Trinajstić information content (AvgIpc) is 2.56. The van der Waals surface area contributed by atoms with Gasteiger partial charge in [0.15, 0.2) is 0 Å². The van der Waals surface area contributed by atoms with Gasteiger partial charge in [0.1, 0.15) is 0 Å². The molecule has 0 radical (unpaired) electrons. The highest BCUT2D eigenvalue weighted by atomic mass is 16.5. The highest BCUT2D eigenvalue weighted by Crippen LogP contribution is 2.10. The molecule has 0 aromatic carbocycles. The van der Waals surface area contributed by atoms with E-state index in [2.05, 4.69) is 6.92 Å². The number of nitrogens with two attached hydrogens (primary N) is 1. The lowest BCUT2D eigenvalue weighted by atomic mass is 9.99. The monoisotopic (exact) mass is 197 g/mol. The van der Waals surface area contributed by atoms with Crippen molar-refractivity contribution in [2.75, 3.05) is 13.7 Å². The molecule has 0 saturated carbocycles. The quantitative estimate of drug-likeness (QED) is 0.756. The summed E-state index contributed by atoms with van der Waals surface area (Å²) in [6.07, 6.45) is 5.30. The standard InChI is InChI=1S/C11H19NO2/c1-9(7-13-2)5-11(12)6-10-3-4-14-8-10/h3-4,8-9,11H,5-7,12H2,1-2H3. The maximum atomic E-state index is 6.00. The van der Waals surface area contributed by atoms with Gasteiger partial charge in [0.25, 0.3) is 0 Å². The summed E-state index contributed by atoms with van der Waals surface area (Å²) < 4.78 is 10.1. The van der Waals surface area contributed by atoms with Crippen molar-refractivity contribution < 1.29 is 9.15 Å². The zero-order chi connectivity index (χ0) is 10.4. The number of methoxy groups -OCH3 is 1. The first kappa shape index (κ1) is 11.3. The lowest BCUT2D eigenvalue weighted by molar-refractivity contribution is 0.152. The number of hydrogen-bond acceptors (Lipinski definition) is 3. The van der Waals surface area contributed by atoms with Gasteiger partial charge in [0.2, 0.25) is 0 Å². The van der Waals surface area contributed by atoms with Crippen LogP contribution in [-0.4, -0.2) is 19.8 Å². The van der Waals surface area contributed by atoms with Gasteiger partial charge in [-0.05, 0) is 30.4 Å². The van der Waals surface area contributed by atoms with E-state index in [1.807, 2.05) is 6.07 Å². The van der Waals surface area contributed by atoms with Crippen LogP contribution in [0.4, 0.5) is 0 Å². The van der Waals surface area contributed by atoms with Crippen molar-refractivity contribution in [3.05, 3.63) is 24.2 Å².